The highest BCUT2D eigenvalue weighted by Gasteiger charge is 2.07. The van der Waals surface area contributed by atoms with E-state index in [0.717, 1.165) is 10.4 Å². The molecule has 0 atom stereocenters. The summed E-state index contributed by atoms with van der Waals surface area (Å²) in [6, 6.07) is 1.82. The van der Waals surface area contributed by atoms with Crippen molar-refractivity contribution in [2.45, 2.75) is 6.92 Å². The van der Waals surface area contributed by atoms with Crippen LogP contribution in [0.1, 0.15) is 10.4 Å². The summed E-state index contributed by atoms with van der Waals surface area (Å²) in [5.41, 5.74) is 1.25. The summed E-state index contributed by atoms with van der Waals surface area (Å²) in [6.07, 6.45) is 0. The third-order valence-corrected chi connectivity index (χ3v) is 2.39. The number of thiophene rings is 1. The number of aryl methyl sites for hydroxylation is 1. The van der Waals surface area contributed by atoms with Gasteiger partial charge in [0.15, 0.2) is 0 Å². The van der Waals surface area contributed by atoms with Crippen molar-refractivity contribution in [2.75, 3.05) is 0 Å². The first-order valence-electron chi connectivity index (χ1n) is 3.09. The van der Waals surface area contributed by atoms with Crippen LogP contribution in [0, 0.1) is 6.92 Å². The SMILES string of the molecule is C=C(C(=O)O)c1cc(C)cs1. The zero-order valence-electron chi connectivity index (χ0n) is 6.13. The van der Waals surface area contributed by atoms with Crippen molar-refractivity contribution < 1.29 is 9.90 Å². The first-order chi connectivity index (χ1) is 5.11. The molecule has 0 fully saturated rings. The summed E-state index contributed by atoms with van der Waals surface area (Å²) in [5.74, 6) is -0.952. The first kappa shape index (κ1) is 8.01. The van der Waals surface area contributed by atoms with E-state index in [1.165, 1.54) is 11.3 Å². The van der Waals surface area contributed by atoms with Crippen LogP contribution in [0.5, 0.6) is 0 Å². The van der Waals surface area contributed by atoms with Crippen LogP contribution < -0.4 is 0 Å². The fourth-order valence-electron chi connectivity index (χ4n) is 0.695. The molecule has 58 valence electrons. The Hall–Kier alpha value is -1.09. The number of hydrogen-bond acceptors (Lipinski definition) is 2. The quantitative estimate of drug-likeness (QED) is 0.687. The van der Waals surface area contributed by atoms with E-state index >= 15 is 0 Å². The van der Waals surface area contributed by atoms with Crippen LogP contribution >= 0.6 is 11.3 Å². The average Bonchev–Trinajstić information content (AvgIpc) is 2.34. The van der Waals surface area contributed by atoms with Gasteiger partial charge in [0.05, 0.1) is 5.57 Å². The van der Waals surface area contributed by atoms with E-state index in [4.69, 9.17) is 5.11 Å². The zero-order valence-corrected chi connectivity index (χ0v) is 6.94. The Morgan fingerprint density at radius 2 is 2.36 bits per heavy atom. The van der Waals surface area contributed by atoms with E-state index in [1.807, 2.05) is 18.4 Å². The van der Waals surface area contributed by atoms with Gasteiger partial charge in [-0.25, -0.2) is 4.79 Å². The number of aliphatic carboxylic acids is 1. The summed E-state index contributed by atoms with van der Waals surface area (Å²) in [4.78, 5) is 11.1. The minimum atomic E-state index is -0.952. The highest BCUT2D eigenvalue weighted by atomic mass is 32.1. The molecule has 0 aliphatic carbocycles. The van der Waals surface area contributed by atoms with Crippen molar-refractivity contribution in [3.05, 3.63) is 28.5 Å². The van der Waals surface area contributed by atoms with Crippen molar-refractivity contribution in [2.24, 2.45) is 0 Å². The topological polar surface area (TPSA) is 37.3 Å². The van der Waals surface area contributed by atoms with E-state index in [2.05, 4.69) is 6.58 Å². The van der Waals surface area contributed by atoms with Gasteiger partial charge in [0, 0.05) is 4.88 Å². The molecule has 0 radical (unpaired) electrons. The van der Waals surface area contributed by atoms with Gasteiger partial charge in [-0.1, -0.05) is 6.58 Å². The largest absolute Gasteiger partial charge is 0.478 e. The van der Waals surface area contributed by atoms with Crippen LogP contribution in [-0.4, -0.2) is 11.1 Å². The molecule has 0 bridgehead atoms. The van der Waals surface area contributed by atoms with Crippen LogP contribution in [-0.2, 0) is 4.79 Å². The van der Waals surface area contributed by atoms with Crippen molar-refractivity contribution in [1.82, 2.24) is 0 Å². The predicted octanol–water partition coefficient (Wildman–Crippen LogP) is 2.15. The van der Waals surface area contributed by atoms with Crippen molar-refractivity contribution in [3.8, 4) is 0 Å². The minimum absolute atomic E-state index is 0.170. The third-order valence-electron chi connectivity index (χ3n) is 1.29. The molecule has 1 heterocycles. The molecule has 1 aromatic heterocycles. The second-order valence-electron chi connectivity index (χ2n) is 2.27. The number of rotatable bonds is 2. The molecule has 0 spiro atoms. The highest BCUT2D eigenvalue weighted by molar-refractivity contribution is 7.11. The number of carboxylic acid groups (broad SMARTS) is 1. The molecule has 11 heavy (non-hydrogen) atoms. The Labute approximate surface area is 68.8 Å². The predicted molar refractivity (Wildman–Crippen MR) is 45.7 cm³/mol. The van der Waals surface area contributed by atoms with E-state index < -0.39 is 5.97 Å². The second kappa shape index (κ2) is 2.88. The molecule has 1 rings (SSSR count). The maximum atomic E-state index is 10.4. The lowest BCUT2D eigenvalue weighted by Gasteiger charge is -1.91. The van der Waals surface area contributed by atoms with Gasteiger partial charge in [0.25, 0.3) is 0 Å². The molecule has 0 unspecified atom stereocenters. The van der Waals surface area contributed by atoms with Crippen LogP contribution in [0.3, 0.4) is 0 Å². The lowest BCUT2D eigenvalue weighted by Crippen LogP contribution is -1.95. The molecule has 0 saturated carbocycles. The molecule has 3 heteroatoms. The third kappa shape index (κ3) is 1.68. The Bertz CT molecular complexity index is 299. The van der Waals surface area contributed by atoms with E-state index in [0.29, 0.717) is 0 Å². The van der Waals surface area contributed by atoms with E-state index in [1.54, 1.807) is 0 Å². The molecular weight excluding hydrogens is 160 g/mol. The fourth-order valence-corrected chi connectivity index (χ4v) is 1.56. The first-order valence-corrected chi connectivity index (χ1v) is 3.97. The summed E-state index contributed by atoms with van der Waals surface area (Å²) in [5, 5.41) is 10.5. The second-order valence-corrected chi connectivity index (χ2v) is 3.18. The fraction of sp³-hybridized carbons (Fsp3) is 0.125. The molecular formula is C8H8O2S. The van der Waals surface area contributed by atoms with Gasteiger partial charge in [0.2, 0.25) is 0 Å². The Morgan fingerprint density at radius 1 is 1.73 bits per heavy atom. The Morgan fingerprint density at radius 3 is 2.73 bits per heavy atom. The van der Waals surface area contributed by atoms with Gasteiger partial charge in [-0.2, -0.15) is 0 Å². The molecule has 1 N–H and O–H groups in total. The maximum Gasteiger partial charge on any atom is 0.336 e. The zero-order chi connectivity index (χ0) is 8.43. The van der Waals surface area contributed by atoms with Gasteiger partial charge in [-0.15, -0.1) is 11.3 Å². The molecule has 1 aromatic rings. The van der Waals surface area contributed by atoms with Crippen LogP contribution in [0.4, 0.5) is 0 Å². The maximum absolute atomic E-state index is 10.4. The van der Waals surface area contributed by atoms with E-state index in [-0.39, 0.29) is 5.57 Å². The van der Waals surface area contributed by atoms with Gasteiger partial charge in [0.1, 0.15) is 0 Å². The molecule has 0 saturated heterocycles. The lowest BCUT2D eigenvalue weighted by molar-refractivity contribution is -0.130. The van der Waals surface area contributed by atoms with Crippen molar-refractivity contribution in [3.63, 3.8) is 0 Å². The summed E-state index contributed by atoms with van der Waals surface area (Å²) < 4.78 is 0. The molecule has 0 amide bonds. The van der Waals surface area contributed by atoms with Gasteiger partial charge < -0.3 is 5.11 Å². The summed E-state index contributed by atoms with van der Waals surface area (Å²) in [6.45, 7) is 5.37. The molecule has 0 aromatic carbocycles. The minimum Gasteiger partial charge on any atom is -0.478 e. The number of carbonyl (C=O) groups is 1. The molecule has 0 aliphatic rings. The van der Waals surface area contributed by atoms with Gasteiger partial charge in [-0.05, 0) is 23.9 Å². The smallest absolute Gasteiger partial charge is 0.336 e. The van der Waals surface area contributed by atoms with Gasteiger partial charge >= 0.3 is 5.97 Å². The van der Waals surface area contributed by atoms with Crippen LogP contribution in [0.25, 0.3) is 5.57 Å². The van der Waals surface area contributed by atoms with Gasteiger partial charge in [-0.3, -0.25) is 0 Å². The Kier molecular flexibility index (Phi) is 2.10. The lowest BCUT2D eigenvalue weighted by atomic mass is 10.2. The van der Waals surface area contributed by atoms with Crippen molar-refractivity contribution in [1.29, 1.82) is 0 Å². The van der Waals surface area contributed by atoms with Crippen LogP contribution in [0.2, 0.25) is 0 Å². The van der Waals surface area contributed by atoms with E-state index in [9.17, 15) is 4.79 Å². The highest BCUT2D eigenvalue weighted by Crippen LogP contribution is 2.21. The Balaban J connectivity index is 2.94. The monoisotopic (exact) mass is 168 g/mol. The summed E-state index contributed by atoms with van der Waals surface area (Å²) >= 11 is 1.41. The van der Waals surface area contributed by atoms with Crippen molar-refractivity contribution >= 4 is 22.9 Å². The number of carboxylic acids is 1. The number of hydrogen-bond donors (Lipinski definition) is 1. The standard InChI is InChI=1S/C8H8O2S/c1-5-3-7(11-4-5)6(2)8(9)10/h3-4H,2H2,1H3,(H,9,10). The van der Waals surface area contributed by atoms with Crippen LogP contribution in [0.15, 0.2) is 18.0 Å². The average molecular weight is 168 g/mol. The summed E-state index contributed by atoms with van der Waals surface area (Å²) in [7, 11) is 0. The normalized spacial score (nSPS) is 9.55. The molecule has 2 nitrogen and oxygen atoms in total. The molecule has 0 aliphatic heterocycles.